The van der Waals surface area contributed by atoms with Gasteiger partial charge in [-0.15, -0.1) is 0 Å². The second-order valence-electron chi connectivity index (χ2n) is 6.19. The molecular weight excluding hydrogens is 318 g/mol. The van der Waals surface area contributed by atoms with Crippen molar-refractivity contribution in [2.75, 3.05) is 10.6 Å². The molecule has 1 unspecified atom stereocenters. The van der Waals surface area contributed by atoms with Gasteiger partial charge in [0, 0.05) is 24.5 Å². The zero-order chi connectivity index (χ0) is 17.6. The van der Waals surface area contributed by atoms with Crippen LogP contribution in [0.1, 0.15) is 23.6 Å². The number of pyridine rings is 1. The number of aromatic nitrogens is 3. The van der Waals surface area contributed by atoms with Gasteiger partial charge in [0.15, 0.2) is 5.65 Å². The van der Waals surface area contributed by atoms with Crippen molar-refractivity contribution in [1.29, 1.82) is 0 Å². The quantitative estimate of drug-likeness (QED) is 0.752. The third-order valence-corrected chi connectivity index (χ3v) is 4.45. The van der Waals surface area contributed by atoms with Gasteiger partial charge in [0.25, 0.3) is 0 Å². The van der Waals surface area contributed by atoms with E-state index in [0.29, 0.717) is 11.4 Å². The Morgan fingerprint density at radius 1 is 1.36 bits per heavy atom. The topological polar surface area (TPSA) is 88.9 Å². The van der Waals surface area contributed by atoms with E-state index in [1.165, 1.54) is 0 Å². The van der Waals surface area contributed by atoms with Crippen LogP contribution >= 0.6 is 0 Å². The minimum Gasteiger partial charge on any atom is -0.326 e. The minimum atomic E-state index is -0.518. The van der Waals surface area contributed by atoms with Crippen LogP contribution in [-0.4, -0.2) is 26.6 Å². The molecule has 1 atom stereocenters. The van der Waals surface area contributed by atoms with Crippen molar-refractivity contribution in [3.05, 3.63) is 47.8 Å². The highest BCUT2D eigenvalue weighted by molar-refractivity contribution is 6.05. The lowest BCUT2D eigenvalue weighted by molar-refractivity contribution is -0.123. The maximum absolute atomic E-state index is 12.8. The number of hydrogen-bond acceptors (Lipinski definition) is 4. The molecule has 0 radical (unpaired) electrons. The monoisotopic (exact) mass is 335 g/mol. The fraction of sp³-hybridized carbons (Fsp3) is 0.222. The maximum atomic E-state index is 12.8. The number of rotatable bonds is 2. The van der Waals surface area contributed by atoms with Gasteiger partial charge in [-0.2, -0.15) is 5.10 Å². The van der Waals surface area contributed by atoms with Crippen molar-refractivity contribution < 1.29 is 9.59 Å². The van der Waals surface area contributed by atoms with Gasteiger partial charge in [-0.1, -0.05) is 18.2 Å². The van der Waals surface area contributed by atoms with Gasteiger partial charge < -0.3 is 10.6 Å². The number of hydrogen-bond donors (Lipinski definition) is 2. The van der Waals surface area contributed by atoms with Crippen molar-refractivity contribution in [2.45, 2.75) is 19.3 Å². The van der Waals surface area contributed by atoms with Crippen LogP contribution in [0.2, 0.25) is 0 Å². The lowest BCUT2D eigenvalue weighted by atomic mass is 9.90. The molecule has 7 heteroatoms. The van der Waals surface area contributed by atoms with Gasteiger partial charge in [-0.3, -0.25) is 14.3 Å². The van der Waals surface area contributed by atoms with Gasteiger partial charge in [-0.25, -0.2) is 4.98 Å². The zero-order valence-corrected chi connectivity index (χ0v) is 13.9. The first kappa shape index (κ1) is 15.3. The number of benzene rings is 1. The van der Waals surface area contributed by atoms with Crippen LogP contribution in [0.15, 0.2) is 36.5 Å². The lowest BCUT2D eigenvalue weighted by Gasteiger charge is -2.24. The number of aryl methyl sites for hydroxylation is 2. The first-order valence-corrected chi connectivity index (χ1v) is 8.02. The molecule has 2 amide bonds. The van der Waals surface area contributed by atoms with Crippen LogP contribution < -0.4 is 10.6 Å². The zero-order valence-electron chi connectivity index (χ0n) is 13.9. The summed E-state index contributed by atoms with van der Waals surface area (Å²) in [7, 11) is 1.83. The summed E-state index contributed by atoms with van der Waals surface area (Å²) in [5, 5.41) is 10.9. The standard InChI is InChI=1S/C18H17N5O2/c1-10-13-7-11(9-19-17(13)23(2)22-10)20-18(25)14-8-16(24)21-15-6-4-3-5-12(14)15/h3-7,9,14H,8H2,1-2H3,(H,20,25)(H,21,24). The van der Waals surface area contributed by atoms with Crippen molar-refractivity contribution >= 4 is 34.2 Å². The Bertz CT molecular complexity index is 1010. The SMILES string of the molecule is Cc1nn(C)c2ncc(NC(=O)C3CC(=O)Nc4ccccc43)cc12. The van der Waals surface area contributed by atoms with E-state index in [1.807, 2.05) is 38.2 Å². The molecule has 0 fully saturated rings. The predicted molar refractivity (Wildman–Crippen MR) is 94.3 cm³/mol. The van der Waals surface area contributed by atoms with E-state index in [1.54, 1.807) is 16.9 Å². The summed E-state index contributed by atoms with van der Waals surface area (Å²) in [5.74, 6) is -0.892. The highest BCUT2D eigenvalue weighted by Gasteiger charge is 2.30. The van der Waals surface area contributed by atoms with Gasteiger partial charge in [-0.05, 0) is 24.6 Å². The normalized spacial score (nSPS) is 16.4. The Morgan fingerprint density at radius 3 is 3.00 bits per heavy atom. The van der Waals surface area contributed by atoms with E-state index < -0.39 is 5.92 Å². The molecular formula is C18H17N5O2. The van der Waals surface area contributed by atoms with Gasteiger partial charge in [0.2, 0.25) is 11.8 Å². The van der Waals surface area contributed by atoms with Gasteiger partial charge in [0.05, 0.1) is 23.5 Å². The summed E-state index contributed by atoms with van der Waals surface area (Å²) >= 11 is 0. The van der Waals surface area contributed by atoms with Crippen LogP contribution in [-0.2, 0) is 16.6 Å². The van der Waals surface area contributed by atoms with Gasteiger partial charge in [0.1, 0.15) is 0 Å². The Kier molecular flexibility index (Phi) is 3.49. The number of nitrogens with one attached hydrogen (secondary N) is 2. The molecule has 126 valence electrons. The number of nitrogens with zero attached hydrogens (tertiary/aromatic N) is 3. The first-order chi connectivity index (χ1) is 12.0. The highest BCUT2D eigenvalue weighted by atomic mass is 16.2. The molecule has 0 saturated heterocycles. The number of amides is 2. The van der Waals surface area contributed by atoms with E-state index in [9.17, 15) is 9.59 Å². The summed E-state index contributed by atoms with van der Waals surface area (Å²) in [6.45, 7) is 1.90. The first-order valence-electron chi connectivity index (χ1n) is 8.02. The molecule has 1 aromatic carbocycles. The summed E-state index contributed by atoms with van der Waals surface area (Å²) in [5.41, 5.74) is 3.72. The molecule has 3 heterocycles. The van der Waals surface area contributed by atoms with Crippen LogP contribution in [0.5, 0.6) is 0 Å². The predicted octanol–water partition coefficient (Wildman–Crippen LogP) is 2.34. The van der Waals surface area contributed by atoms with Crippen LogP contribution in [0, 0.1) is 6.92 Å². The van der Waals surface area contributed by atoms with Crippen LogP contribution in [0.3, 0.4) is 0 Å². The van der Waals surface area contributed by atoms with E-state index in [0.717, 1.165) is 22.3 Å². The Labute approximate surface area is 144 Å². The minimum absolute atomic E-state index is 0.129. The molecule has 1 aliphatic rings. The Morgan fingerprint density at radius 2 is 2.16 bits per heavy atom. The van der Waals surface area contributed by atoms with E-state index >= 15 is 0 Å². The molecule has 0 spiro atoms. The summed E-state index contributed by atoms with van der Waals surface area (Å²) < 4.78 is 1.71. The van der Waals surface area contributed by atoms with Crippen molar-refractivity contribution in [2.24, 2.45) is 7.05 Å². The smallest absolute Gasteiger partial charge is 0.232 e. The molecule has 25 heavy (non-hydrogen) atoms. The molecule has 2 aromatic heterocycles. The molecule has 0 aliphatic carbocycles. The fourth-order valence-electron chi connectivity index (χ4n) is 3.25. The van der Waals surface area contributed by atoms with Crippen molar-refractivity contribution in [3.8, 4) is 0 Å². The Balaban J connectivity index is 1.64. The van der Waals surface area contributed by atoms with Crippen LogP contribution in [0.4, 0.5) is 11.4 Å². The van der Waals surface area contributed by atoms with Crippen molar-refractivity contribution in [1.82, 2.24) is 14.8 Å². The highest BCUT2D eigenvalue weighted by Crippen LogP contribution is 2.33. The number of fused-ring (bicyclic) bond motifs is 2. The van der Waals surface area contributed by atoms with E-state index in [2.05, 4.69) is 20.7 Å². The van der Waals surface area contributed by atoms with E-state index in [-0.39, 0.29) is 18.2 Å². The molecule has 0 bridgehead atoms. The molecule has 1 aliphatic heterocycles. The maximum Gasteiger partial charge on any atom is 0.232 e. The van der Waals surface area contributed by atoms with Crippen LogP contribution in [0.25, 0.3) is 11.0 Å². The van der Waals surface area contributed by atoms with Gasteiger partial charge >= 0.3 is 0 Å². The molecule has 4 rings (SSSR count). The largest absolute Gasteiger partial charge is 0.326 e. The molecule has 2 N–H and O–H groups in total. The molecule has 7 nitrogen and oxygen atoms in total. The number of carbonyl (C=O) groups is 2. The van der Waals surface area contributed by atoms with E-state index in [4.69, 9.17) is 0 Å². The third-order valence-electron chi connectivity index (χ3n) is 4.45. The summed E-state index contributed by atoms with van der Waals surface area (Å²) in [6.07, 6.45) is 1.74. The lowest BCUT2D eigenvalue weighted by Crippen LogP contribution is -2.30. The second kappa shape index (κ2) is 5.70. The van der Waals surface area contributed by atoms with Crippen molar-refractivity contribution in [3.63, 3.8) is 0 Å². The summed E-state index contributed by atoms with van der Waals surface area (Å²) in [4.78, 5) is 29.0. The number of anilines is 2. The average molecular weight is 335 g/mol. The summed E-state index contributed by atoms with van der Waals surface area (Å²) in [6, 6.07) is 9.23. The average Bonchev–Trinajstić information content (AvgIpc) is 2.88. The third kappa shape index (κ3) is 2.63. The molecule has 3 aromatic rings. The number of para-hydroxylation sites is 1. The fourth-order valence-corrected chi connectivity index (χ4v) is 3.25. The Hall–Kier alpha value is -3.22. The second-order valence-corrected chi connectivity index (χ2v) is 6.19. The number of carbonyl (C=O) groups excluding carboxylic acids is 2. The molecule has 0 saturated carbocycles.